The summed E-state index contributed by atoms with van der Waals surface area (Å²) in [5, 5.41) is 2.83. The van der Waals surface area contributed by atoms with Crippen molar-refractivity contribution in [2.24, 2.45) is 0 Å². The van der Waals surface area contributed by atoms with Gasteiger partial charge in [0, 0.05) is 6.54 Å². The number of imidazole rings is 1. The topological polar surface area (TPSA) is 46.9 Å². The van der Waals surface area contributed by atoms with Crippen molar-refractivity contribution in [3.8, 4) is 0 Å². The lowest BCUT2D eigenvalue weighted by Gasteiger charge is -2.05. The van der Waals surface area contributed by atoms with E-state index in [2.05, 4.69) is 16.9 Å². The lowest BCUT2D eigenvalue weighted by Crippen LogP contribution is -2.27. The van der Waals surface area contributed by atoms with Crippen LogP contribution in [0.25, 0.3) is 11.0 Å². The van der Waals surface area contributed by atoms with E-state index in [1.54, 1.807) is 12.4 Å². The van der Waals surface area contributed by atoms with Crippen molar-refractivity contribution in [3.63, 3.8) is 0 Å². The minimum absolute atomic E-state index is 0.00463. The van der Waals surface area contributed by atoms with Crippen molar-refractivity contribution in [2.45, 2.75) is 13.0 Å². The Kier molecular flexibility index (Phi) is 3.55. The first-order valence-electron chi connectivity index (χ1n) is 5.58. The van der Waals surface area contributed by atoms with Gasteiger partial charge < -0.3 is 9.88 Å². The number of hydrogen-bond acceptors (Lipinski definition) is 2. The van der Waals surface area contributed by atoms with Crippen LogP contribution < -0.4 is 5.32 Å². The number of para-hydroxylation sites is 2. The summed E-state index contributed by atoms with van der Waals surface area (Å²) in [6, 6.07) is 7.76. The van der Waals surface area contributed by atoms with Gasteiger partial charge in [-0.15, -0.1) is 6.58 Å². The van der Waals surface area contributed by atoms with Crippen LogP contribution in [-0.4, -0.2) is 22.0 Å². The molecule has 17 heavy (non-hydrogen) atoms. The second-order valence-electron chi connectivity index (χ2n) is 3.79. The predicted octanol–water partition coefficient (Wildman–Crippen LogP) is 1.73. The van der Waals surface area contributed by atoms with Crippen molar-refractivity contribution in [2.75, 3.05) is 6.54 Å². The molecule has 1 amide bonds. The lowest BCUT2D eigenvalue weighted by atomic mass is 10.3. The molecule has 4 heteroatoms. The maximum atomic E-state index is 11.6. The Balaban J connectivity index is 2.03. The van der Waals surface area contributed by atoms with Gasteiger partial charge in [0.1, 0.15) is 6.54 Å². The highest BCUT2D eigenvalue weighted by molar-refractivity contribution is 5.80. The van der Waals surface area contributed by atoms with E-state index < -0.39 is 0 Å². The largest absolute Gasteiger partial charge is 0.354 e. The normalized spacial score (nSPS) is 10.4. The van der Waals surface area contributed by atoms with Gasteiger partial charge in [-0.05, 0) is 18.6 Å². The molecule has 0 radical (unpaired) electrons. The molecule has 0 aliphatic carbocycles. The zero-order valence-corrected chi connectivity index (χ0v) is 9.60. The molecule has 0 unspecified atom stereocenters. The Morgan fingerprint density at radius 3 is 3.12 bits per heavy atom. The van der Waals surface area contributed by atoms with Gasteiger partial charge in [0.15, 0.2) is 0 Å². The van der Waals surface area contributed by atoms with Crippen molar-refractivity contribution in [1.29, 1.82) is 0 Å². The number of hydrogen-bond donors (Lipinski definition) is 1. The van der Waals surface area contributed by atoms with Gasteiger partial charge in [-0.1, -0.05) is 18.2 Å². The molecule has 0 fully saturated rings. The summed E-state index contributed by atoms with van der Waals surface area (Å²) in [5.74, 6) is -0.00463. The molecule has 0 saturated heterocycles. The SMILES string of the molecule is C=CCCNC(=O)Cn1cnc2ccccc21. The maximum absolute atomic E-state index is 11.6. The summed E-state index contributed by atoms with van der Waals surface area (Å²) in [6.45, 7) is 4.54. The summed E-state index contributed by atoms with van der Waals surface area (Å²) in [4.78, 5) is 15.9. The van der Waals surface area contributed by atoms with Gasteiger partial charge >= 0.3 is 0 Å². The van der Waals surface area contributed by atoms with E-state index in [1.807, 2.05) is 28.8 Å². The molecule has 4 nitrogen and oxygen atoms in total. The Labute approximate surface area is 100.0 Å². The van der Waals surface area contributed by atoms with E-state index in [0.717, 1.165) is 17.5 Å². The highest BCUT2D eigenvalue weighted by Crippen LogP contribution is 2.11. The minimum Gasteiger partial charge on any atom is -0.354 e. The third-order valence-corrected chi connectivity index (χ3v) is 2.51. The second-order valence-corrected chi connectivity index (χ2v) is 3.79. The number of amides is 1. The molecule has 0 saturated carbocycles. The summed E-state index contributed by atoms with van der Waals surface area (Å²) >= 11 is 0. The van der Waals surface area contributed by atoms with Gasteiger partial charge in [-0.2, -0.15) is 0 Å². The number of nitrogens with one attached hydrogen (secondary N) is 1. The van der Waals surface area contributed by atoms with Crippen LogP contribution >= 0.6 is 0 Å². The number of nitrogens with zero attached hydrogens (tertiary/aromatic N) is 2. The minimum atomic E-state index is -0.00463. The predicted molar refractivity (Wildman–Crippen MR) is 67.6 cm³/mol. The number of fused-ring (bicyclic) bond motifs is 1. The van der Waals surface area contributed by atoms with E-state index >= 15 is 0 Å². The third-order valence-electron chi connectivity index (χ3n) is 2.51. The Bertz CT molecular complexity index is 530. The zero-order valence-electron chi connectivity index (χ0n) is 9.60. The van der Waals surface area contributed by atoms with E-state index in [0.29, 0.717) is 13.1 Å². The number of rotatable bonds is 5. The van der Waals surface area contributed by atoms with Crippen LogP contribution in [0.15, 0.2) is 43.2 Å². The fourth-order valence-electron chi connectivity index (χ4n) is 1.66. The zero-order chi connectivity index (χ0) is 12.1. The van der Waals surface area contributed by atoms with Gasteiger partial charge in [0.05, 0.1) is 17.4 Å². The highest BCUT2D eigenvalue weighted by Gasteiger charge is 2.05. The molecule has 2 rings (SSSR count). The van der Waals surface area contributed by atoms with Crippen LogP contribution in [0, 0.1) is 0 Å². The average Bonchev–Trinajstić information content (AvgIpc) is 2.73. The van der Waals surface area contributed by atoms with Crippen LogP contribution in [0.5, 0.6) is 0 Å². The molecule has 0 bridgehead atoms. The summed E-state index contributed by atoms with van der Waals surface area (Å²) in [7, 11) is 0. The molecule has 88 valence electrons. The highest BCUT2D eigenvalue weighted by atomic mass is 16.1. The third kappa shape index (κ3) is 2.72. The smallest absolute Gasteiger partial charge is 0.240 e. The van der Waals surface area contributed by atoms with Crippen LogP contribution in [0.2, 0.25) is 0 Å². The summed E-state index contributed by atoms with van der Waals surface area (Å²) in [6.07, 6.45) is 4.26. The number of benzene rings is 1. The van der Waals surface area contributed by atoms with Crippen molar-refractivity contribution in [1.82, 2.24) is 14.9 Å². The Morgan fingerprint density at radius 2 is 2.29 bits per heavy atom. The number of carbonyl (C=O) groups excluding carboxylic acids is 1. The van der Waals surface area contributed by atoms with Gasteiger partial charge in [-0.25, -0.2) is 4.98 Å². The van der Waals surface area contributed by atoms with Crippen LogP contribution in [0.3, 0.4) is 0 Å². The molecular formula is C13H15N3O. The van der Waals surface area contributed by atoms with Gasteiger partial charge in [-0.3, -0.25) is 4.79 Å². The second kappa shape index (κ2) is 5.30. The molecule has 2 aromatic rings. The molecule has 0 aliphatic rings. The Morgan fingerprint density at radius 1 is 1.47 bits per heavy atom. The van der Waals surface area contributed by atoms with E-state index in [9.17, 15) is 4.79 Å². The quantitative estimate of drug-likeness (QED) is 0.627. The molecule has 0 spiro atoms. The molecular weight excluding hydrogens is 214 g/mol. The summed E-state index contributed by atoms with van der Waals surface area (Å²) < 4.78 is 1.85. The van der Waals surface area contributed by atoms with E-state index in [1.165, 1.54) is 0 Å². The first-order chi connectivity index (χ1) is 8.31. The first-order valence-corrected chi connectivity index (χ1v) is 5.58. The molecule has 0 aliphatic heterocycles. The first kappa shape index (κ1) is 11.4. The Hall–Kier alpha value is -2.10. The van der Waals surface area contributed by atoms with Crippen LogP contribution in [0.4, 0.5) is 0 Å². The maximum Gasteiger partial charge on any atom is 0.240 e. The molecule has 1 heterocycles. The monoisotopic (exact) mass is 229 g/mol. The fraction of sp³-hybridized carbons (Fsp3) is 0.231. The number of carbonyl (C=O) groups is 1. The standard InChI is InChI=1S/C13H15N3O/c1-2-3-8-14-13(17)9-16-10-15-11-6-4-5-7-12(11)16/h2,4-7,10H,1,3,8-9H2,(H,14,17). The van der Waals surface area contributed by atoms with Crippen molar-refractivity contribution >= 4 is 16.9 Å². The lowest BCUT2D eigenvalue weighted by molar-refractivity contribution is -0.121. The summed E-state index contributed by atoms with van der Waals surface area (Å²) in [5.41, 5.74) is 1.89. The van der Waals surface area contributed by atoms with Gasteiger partial charge in [0.2, 0.25) is 5.91 Å². The number of aromatic nitrogens is 2. The van der Waals surface area contributed by atoms with Crippen molar-refractivity contribution < 1.29 is 4.79 Å². The van der Waals surface area contributed by atoms with Crippen molar-refractivity contribution in [3.05, 3.63) is 43.2 Å². The fourth-order valence-corrected chi connectivity index (χ4v) is 1.66. The molecule has 1 aromatic carbocycles. The van der Waals surface area contributed by atoms with Gasteiger partial charge in [0.25, 0.3) is 0 Å². The van der Waals surface area contributed by atoms with Crippen LogP contribution in [-0.2, 0) is 11.3 Å². The molecule has 1 aromatic heterocycles. The average molecular weight is 229 g/mol. The molecule has 0 atom stereocenters. The van der Waals surface area contributed by atoms with E-state index in [4.69, 9.17) is 0 Å². The van der Waals surface area contributed by atoms with E-state index in [-0.39, 0.29) is 5.91 Å². The molecule has 1 N–H and O–H groups in total. The van der Waals surface area contributed by atoms with Crippen LogP contribution in [0.1, 0.15) is 6.42 Å².